The lowest BCUT2D eigenvalue weighted by molar-refractivity contribution is 0.0695. The van der Waals surface area contributed by atoms with E-state index in [1.54, 1.807) is 12.1 Å². The molecule has 0 bridgehead atoms. The fourth-order valence-electron chi connectivity index (χ4n) is 1.37. The smallest absolute Gasteiger partial charge is 0.336 e. The lowest BCUT2D eigenvalue weighted by atomic mass is 9.98. The Morgan fingerprint density at radius 1 is 1.50 bits per heavy atom. The quantitative estimate of drug-likeness (QED) is 0.835. The highest BCUT2D eigenvalue weighted by atomic mass is 35.5. The molecule has 76 valence electrons. The van der Waals surface area contributed by atoms with E-state index < -0.39 is 5.97 Å². The average molecular weight is 213 g/mol. The summed E-state index contributed by atoms with van der Waals surface area (Å²) in [6.07, 6.45) is 0.763. The van der Waals surface area contributed by atoms with Crippen LogP contribution in [-0.4, -0.2) is 11.1 Å². The van der Waals surface area contributed by atoms with E-state index in [9.17, 15) is 4.79 Å². The number of hydrogen-bond donors (Lipinski definition) is 1. The van der Waals surface area contributed by atoms with Gasteiger partial charge in [0.15, 0.2) is 0 Å². The summed E-state index contributed by atoms with van der Waals surface area (Å²) < 4.78 is 0. The molecule has 0 atom stereocenters. The number of carboxylic acids is 1. The van der Waals surface area contributed by atoms with Gasteiger partial charge >= 0.3 is 5.97 Å². The van der Waals surface area contributed by atoms with Gasteiger partial charge in [-0.1, -0.05) is 31.5 Å². The van der Waals surface area contributed by atoms with Crippen molar-refractivity contribution in [1.82, 2.24) is 0 Å². The molecule has 1 N–H and O–H groups in total. The molecule has 1 aromatic rings. The van der Waals surface area contributed by atoms with Crippen molar-refractivity contribution < 1.29 is 9.90 Å². The summed E-state index contributed by atoms with van der Waals surface area (Å²) in [5.41, 5.74) is 1.16. The maximum atomic E-state index is 10.9. The highest BCUT2D eigenvalue weighted by Crippen LogP contribution is 2.19. The number of benzene rings is 1. The van der Waals surface area contributed by atoms with Gasteiger partial charge in [0.05, 0.1) is 5.56 Å². The number of aromatic carboxylic acids is 1. The van der Waals surface area contributed by atoms with Crippen LogP contribution in [-0.2, 0) is 6.42 Å². The Bertz CT molecular complexity index is 345. The van der Waals surface area contributed by atoms with Crippen LogP contribution in [0.2, 0.25) is 5.02 Å². The molecule has 14 heavy (non-hydrogen) atoms. The molecule has 0 heterocycles. The first-order chi connectivity index (χ1) is 6.50. The van der Waals surface area contributed by atoms with Crippen LogP contribution >= 0.6 is 11.6 Å². The molecule has 0 aliphatic rings. The molecule has 0 radical (unpaired) electrons. The van der Waals surface area contributed by atoms with Crippen molar-refractivity contribution in [3.8, 4) is 0 Å². The molecule has 0 aromatic heterocycles. The number of rotatable bonds is 3. The Morgan fingerprint density at radius 2 is 2.14 bits per heavy atom. The fourth-order valence-corrected chi connectivity index (χ4v) is 1.54. The molecule has 0 aliphatic heterocycles. The highest BCUT2D eigenvalue weighted by Gasteiger charge is 2.11. The second kappa shape index (κ2) is 4.47. The third-order valence-corrected chi connectivity index (χ3v) is 2.17. The molecule has 2 nitrogen and oxygen atoms in total. The number of carboxylic acid groups (broad SMARTS) is 1. The van der Waals surface area contributed by atoms with Gasteiger partial charge in [-0.15, -0.1) is 0 Å². The van der Waals surface area contributed by atoms with Crippen LogP contribution < -0.4 is 0 Å². The molecule has 1 aromatic carbocycles. The highest BCUT2D eigenvalue weighted by molar-refractivity contribution is 6.30. The summed E-state index contributed by atoms with van der Waals surface area (Å²) in [6.45, 7) is 4.11. The Balaban J connectivity index is 3.08. The van der Waals surface area contributed by atoms with Crippen LogP contribution in [0.15, 0.2) is 18.2 Å². The minimum Gasteiger partial charge on any atom is -0.478 e. The van der Waals surface area contributed by atoms with Crippen molar-refractivity contribution >= 4 is 17.6 Å². The molecule has 0 fully saturated rings. The van der Waals surface area contributed by atoms with Crippen molar-refractivity contribution in [2.75, 3.05) is 0 Å². The van der Waals surface area contributed by atoms with E-state index in [1.165, 1.54) is 6.07 Å². The van der Waals surface area contributed by atoms with Crippen LogP contribution in [0.1, 0.15) is 29.8 Å². The largest absolute Gasteiger partial charge is 0.478 e. The van der Waals surface area contributed by atoms with Crippen LogP contribution in [0, 0.1) is 5.92 Å². The predicted octanol–water partition coefficient (Wildman–Crippen LogP) is 3.24. The van der Waals surface area contributed by atoms with Gasteiger partial charge in [-0.2, -0.15) is 0 Å². The zero-order valence-corrected chi connectivity index (χ0v) is 9.01. The summed E-state index contributed by atoms with van der Waals surface area (Å²) >= 11 is 5.73. The summed E-state index contributed by atoms with van der Waals surface area (Å²) in [5, 5.41) is 9.41. The first kappa shape index (κ1) is 11.1. The first-order valence-corrected chi connectivity index (χ1v) is 4.90. The minimum atomic E-state index is -0.914. The predicted molar refractivity (Wildman–Crippen MR) is 57.0 cm³/mol. The molecular formula is C11H13ClO2. The van der Waals surface area contributed by atoms with Crippen molar-refractivity contribution in [2.45, 2.75) is 20.3 Å². The Morgan fingerprint density at radius 3 is 2.64 bits per heavy atom. The molecule has 0 saturated carbocycles. The van der Waals surface area contributed by atoms with E-state index in [-0.39, 0.29) is 0 Å². The SMILES string of the molecule is CC(C)Cc1ccc(Cl)cc1C(=O)O. The van der Waals surface area contributed by atoms with E-state index in [4.69, 9.17) is 16.7 Å². The van der Waals surface area contributed by atoms with Gasteiger partial charge < -0.3 is 5.11 Å². The molecule has 0 unspecified atom stereocenters. The minimum absolute atomic E-state index is 0.311. The molecule has 1 rings (SSSR count). The van der Waals surface area contributed by atoms with Crippen molar-refractivity contribution in [1.29, 1.82) is 0 Å². The van der Waals surface area contributed by atoms with E-state index in [0.717, 1.165) is 12.0 Å². The molecule has 0 amide bonds. The maximum Gasteiger partial charge on any atom is 0.336 e. The van der Waals surface area contributed by atoms with E-state index in [2.05, 4.69) is 13.8 Å². The van der Waals surface area contributed by atoms with Gasteiger partial charge in [-0.3, -0.25) is 0 Å². The zero-order valence-electron chi connectivity index (χ0n) is 8.25. The van der Waals surface area contributed by atoms with Gasteiger partial charge in [0, 0.05) is 5.02 Å². The lowest BCUT2D eigenvalue weighted by Crippen LogP contribution is -2.05. The summed E-state index contributed by atoms with van der Waals surface area (Å²) in [6, 6.07) is 5.01. The summed E-state index contributed by atoms with van der Waals surface area (Å²) in [5.74, 6) is -0.475. The second-order valence-electron chi connectivity index (χ2n) is 3.70. The van der Waals surface area contributed by atoms with Crippen molar-refractivity contribution in [3.63, 3.8) is 0 Å². The molecule has 0 aliphatic carbocycles. The zero-order chi connectivity index (χ0) is 10.7. The standard InChI is InChI=1S/C11H13ClO2/c1-7(2)5-8-3-4-9(12)6-10(8)11(13)14/h3-4,6-7H,5H2,1-2H3,(H,13,14). The maximum absolute atomic E-state index is 10.9. The normalized spacial score (nSPS) is 10.6. The van der Waals surface area contributed by atoms with E-state index >= 15 is 0 Å². The van der Waals surface area contributed by atoms with Gasteiger partial charge in [0.2, 0.25) is 0 Å². The number of carbonyl (C=O) groups is 1. The van der Waals surface area contributed by atoms with Gasteiger partial charge in [0.1, 0.15) is 0 Å². The Hall–Kier alpha value is -1.02. The second-order valence-corrected chi connectivity index (χ2v) is 4.14. The monoisotopic (exact) mass is 212 g/mol. The molecule has 0 saturated heterocycles. The third kappa shape index (κ3) is 2.74. The Kier molecular flexibility index (Phi) is 3.53. The van der Waals surface area contributed by atoms with Crippen LogP contribution in [0.4, 0.5) is 0 Å². The Labute approximate surface area is 88.5 Å². The number of hydrogen-bond acceptors (Lipinski definition) is 1. The topological polar surface area (TPSA) is 37.3 Å². The third-order valence-electron chi connectivity index (χ3n) is 1.93. The van der Waals surface area contributed by atoms with Crippen molar-refractivity contribution in [2.24, 2.45) is 5.92 Å². The first-order valence-electron chi connectivity index (χ1n) is 4.52. The van der Waals surface area contributed by atoms with E-state index in [1.807, 2.05) is 0 Å². The van der Waals surface area contributed by atoms with Crippen molar-refractivity contribution in [3.05, 3.63) is 34.3 Å². The van der Waals surface area contributed by atoms with Crippen LogP contribution in [0.5, 0.6) is 0 Å². The lowest BCUT2D eigenvalue weighted by Gasteiger charge is -2.08. The van der Waals surface area contributed by atoms with Gasteiger partial charge in [0.25, 0.3) is 0 Å². The summed E-state index contributed by atoms with van der Waals surface area (Å²) in [4.78, 5) is 10.9. The molecule has 3 heteroatoms. The van der Waals surface area contributed by atoms with E-state index in [0.29, 0.717) is 16.5 Å². The fraction of sp³-hybridized carbons (Fsp3) is 0.364. The van der Waals surface area contributed by atoms with Gasteiger partial charge in [-0.25, -0.2) is 4.79 Å². The van der Waals surface area contributed by atoms with Gasteiger partial charge in [-0.05, 0) is 30.0 Å². The average Bonchev–Trinajstić information content (AvgIpc) is 2.07. The van der Waals surface area contributed by atoms with Crippen LogP contribution in [0.3, 0.4) is 0 Å². The number of halogens is 1. The molecule has 0 spiro atoms. The van der Waals surface area contributed by atoms with Crippen LogP contribution in [0.25, 0.3) is 0 Å². The summed E-state index contributed by atoms with van der Waals surface area (Å²) in [7, 11) is 0. The molecular weight excluding hydrogens is 200 g/mol.